The Morgan fingerprint density at radius 1 is 1.00 bits per heavy atom. The molecule has 1 aliphatic rings. The zero-order chi connectivity index (χ0) is 22.5. The number of nitrogens with zero attached hydrogens (tertiary/aromatic N) is 1. The summed E-state index contributed by atoms with van der Waals surface area (Å²) in [5.74, 6) is -0.709. The first-order valence-electron chi connectivity index (χ1n) is 10.2. The molecule has 7 nitrogen and oxygen atoms in total. The van der Waals surface area contributed by atoms with Gasteiger partial charge in [-0.15, -0.1) is 0 Å². The van der Waals surface area contributed by atoms with Crippen LogP contribution >= 0.6 is 0 Å². The Kier molecular flexibility index (Phi) is 6.84. The predicted octanol–water partition coefficient (Wildman–Crippen LogP) is 4.02. The number of methoxy groups -OCH3 is 2. The minimum atomic E-state index is -0.745. The minimum Gasteiger partial charge on any atom is -0.508 e. The molecule has 0 aliphatic carbocycles. The highest BCUT2D eigenvalue weighted by atomic mass is 16.5. The van der Waals surface area contributed by atoms with Crippen LogP contribution in [0.25, 0.3) is 5.76 Å². The number of Topliss-reactive ketones (excluding diaryl/α,β-unsaturated/α-hetero) is 1. The Morgan fingerprint density at radius 3 is 2.29 bits per heavy atom. The molecule has 164 valence electrons. The Balaban J connectivity index is 2.13. The second-order valence-electron chi connectivity index (χ2n) is 7.36. The van der Waals surface area contributed by atoms with Crippen LogP contribution in [0.3, 0.4) is 0 Å². The van der Waals surface area contributed by atoms with Gasteiger partial charge in [0.25, 0.3) is 11.7 Å². The number of unbranched alkanes of at least 4 members (excludes halogenated alkanes) is 2. The zero-order valence-corrected chi connectivity index (χ0v) is 17.9. The van der Waals surface area contributed by atoms with Gasteiger partial charge in [0.1, 0.15) is 11.5 Å². The van der Waals surface area contributed by atoms with Crippen molar-refractivity contribution in [3.8, 4) is 17.2 Å². The Hall–Kier alpha value is -3.48. The monoisotopic (exact) mass is 425 g/mol. The molecule has 0 aromatic heterocycles. The highest BCUT2D eigenvalue weighted by Crippen LogP contribution is 2.41. The van der Waals surface area contributed by atoms with Crippen molar-refractivity contribution < 1.29 is 29.3 Å². The van der Waals surface area contributed by atoms with Crippen LogP contribution in [0.1, 0.15) is 43.4 Å². The van der Waals surface area contributed by atoms with E-state index in [1.807, 2.05) is 0 Å². The number of carbonyl (C=O) groups is 2. The number of ketones is 1. The van der Waals surface area contributed by atoms with Gasteiger partial charge in [0, 0.05) is 12.1 Å². The Morgan fingerprint density at radius 2 is 1.68 bits per heavy atom. The van der Waals surface area contributed by atoms with Gasteiger partial charge in [0.05, 0.1) is 25.8 Å². The number of rotatable bonds is 8. The van der Waals surface area contributed by atoms with Crippen molar-refractivity contribution in [1.29, 1.82) is 0 Å². The third-order valence-corrected chi connectivity index (χ3v) is 5.41. The van der Waals surface area contributed by atoms with Crippen LogP contribution in [-0.4, -0.2) is 47.6 Å². The summed E-state index contributed by atoms with van der Waals surface area (Å²) in [6.07, 6.45) is 2.63. The first-order chi connectivity index (χ1) is 14.9. The van der Waals surface area contributed by atoms with Crippen molar-refractivity contribution in [2.75, 3.05) is 20.8 Å². The molecule has 1 atom stereocenters. The molecule has 31 heavy (non-hydrogen) atoms. The summed E-state index contributed by atoms with van der Waals surface area (Å²) in [6, 6.07) is 10.4. The lowest BCUT2D eigenvalue weighted by Gasteiger charge is -2.25. The van der Waals surface area contributed by atoms with E-state index in [0.717, 1.165) is 19.3 Å². The summed E-state index contributed by atoms with van der Waals surface area (Å²) < 4.78 is 10.5. The van der Waals surface area contributed by atoms with Gasteiger partial charge < -0.3 is 24.6 Å². The molecule has 1 unspecified atom stereocenters. The fraction of sp³-hybridized carbons (Fsp3) is 0.333. The van der Waals surface area contributed by atoms with E-state index in [0.29, 0.717) is 29.2 Å². The molecule has 3 rings (SSSR count). The maximum atomic E-state index is 13.0. The number of carbonyl (C=O) groups excluding carboxylic acids is 2. The number of amides is 1. The minimum absolute atomic E-state index is 0.0133. The van der Waals surface area contributed by atoms with Crippen LogP contribution in [0.15, 0.2) is 48.0 Å². The molecule has 0 spiro atoms. The molecule has 0 radical (unpaired) electrons. The summed E-state index contributed by atoms with van der Waals surface area (Å²) >= 11 is 0. The highest BCUT2D eigenvalue weighted by molar-refractivity contribution is 6.46. The largest absolute Gasteiger partial charge is 0.508 e. The maximum Gasteiger partial charge on any atom is 0.295 e. The summed E-state index contributed by atoms with van der Waals surface area (Å²) in [4.78, 5) is 27.3. The number of hydrogen-bond donors (Lipinski definition) is 2. The van der Waals surface area contributed by atoms with Crippen molar-refractivity contribution in [1.82, 2.24) is 4.90 Å². The van der Waals surface area contributed by atoms with Crippen LogP contribution in [0, 0.1) is 0 Å². The SMILES string of the molecule is CCCCCN1C(=O)C(=O)/C(=C(\O)c2ccc(OC)c(OC)c2)C1c1ccc(O)cc1. The van der Waals surface area contributed by atoms with E-state index in [9.17, 15) is 19.8 Å². The molecule has 2 N–H and O–H groups in total. The molecule has 1 heterocycles. The smallest absolute Gasteiger partial charge is 0.295 e. The van der Waals surface area contributed by atoms with Gasteiger partial charge in [-0.3, -0.25) is 9.59 Å². The zero-order valence-electron chi connectivity index (χ0n) is 17.9. The molecule has 1 aliphatic heterocycles. The highest BCUT2D eigenvalue weighted by Gasteiger charge is 2.45. The van der Waals surface area contributed by atoms with E-state index in [-0.39, 0.29) is 17.1 Å². The van der Waals surface area contributed by atoms with Gasteiger partial charge in [0.2, 0.25) is 0 Å². The number of aliphatic hydroxyl groups is 1. The third-order valence-electron chi connectivity index (χ3n) is 5.41. The molecular formula is C24H27NO6. The summed E-state index contributed by atoms with van der Waals surface area (Å²) in [5, 5.41) is 20.8. The number of likely N-dealkylation sites (tertiary alicyclic amines) is 1. The summed E-state index contributed by atoms with van der Waals surface area (Å²) in [5.41, 5.74) is 0.989. The second kappa shape index (κ2) is 9.55. The van der Waals surface area contributed by atoms with Crippen molar-refractivity contribution in [2.24, 2.45) is 0 Å². The fourth-order valence-electron chi connectivity index (χ4n) is 3.78. The lowest BCUT2D eigenvalue weighted by atomic mass is 9.95. The van der Waals surface area contributed by atoms with Crippen LogP contribution in [0.4, 0.5) is 0 Å². The predicted molar refractivity (Wildman–Crippen MR) is 116 cm³/mol. The Bertz CT molecular complexity index is 996. The van der Waals surface area contributed by atoms with Gasteiger partial charge in [-0.2, -0.15) is 0 Å². The number of aliphatic hydroxyl groups excluding tert-OH is 1. The molecule has 2 aromatic rings. The molecule has 1 saturated heterocycles. The number of ether oxygens (including phenoxy) is 2. The molecular weight excluding hydrogens is 398 g/mol. The molecule has 2 aromatic carbocycles. The maximum absolute atomic E-state index is 13.0. The number of hydrogen-bond acceptors (Lipinski definition) is 6. The summed E-state index contributed by atoms with van der Waals surface area (Å²) in [6.45, 7) is 2.45. The van der Waals surface area contributed by atoms with Crippen molar-refractivity contribution in [2.45, 2.75) is 32.2 Å². The van der Waals surface area contributed by atoms with Crippen molar-refractivity contribution >= 4 is 17.4 Å². The molecule has 1 fully saturated rings. The molecule has 7 heteroatoms. The number of phenols is 1. The first-order valence-corrected chi connectivity index (χ1v) is 10.2. The van der Waals surface area contributed by atoms with Crippen LogP contribution < -0.4 is 9.47 Å². The average Bonchev–Trinajstić information content (AvgIpc) is 3.03. The average molecular weight is 425 g/mol. The molecule has 1 amide bonds. The molecule has 0 saturated carbocycles. The molecule has 0 bridgehead atoms. The van der Waals surface area contributed by atoms with Crippen molar-refractivity contribution in [3.63, 3.8) is 0 Å². The van der Waals surface area contributed by atoms with E-state index in [4.69, 9.17) is 9.47 Å². The first kappa shape index (κ1) is 22.2. The number of phenolic OH excluding ortho intramolecular Hbond substituents is 1. The van der Waals surface area contributed by atoms with Crippen LogP contribution in [-0.2, 0) is 9.59 Å². The van der Waals surface area contributed by atoms with E-state index < -0.39 is 17.7 Å². The normalized spacial score (nSPS) is 17.8. The number of benzene rings is 2. The quantitative estimate of drug-likeness (QED) is 0.287. The third kappa shape index (κ3) is 4.35. The van der Waals surface area contributed by atoms with Crippen LogP contribution in [0.5, 0.6) is 17.2 Å². The van der Waals surface area contributed by atoms with Gasteiger partial charge in [-0.25, -0.2) is 0 Å². The van der Waals surface area contributed by atoms with E-state index in [2.05, 4.69) is 6.92 Å². The van der Waals surface area contributed by atoms with Gasteiger partial charge >= 0.3 is 0 Å². The fourth-order valence-corrected chi connectivity index (χ4v) is 3.78. The Labute approximate surface area is 181 Å². The second-order valence-corrected chi connectivity index (χ2v) is 7.36. The standard InChI is InChI=1S/C24H27NO6/c1-4-5-6-13-25-21(15-7-10-17(26)11-8-15)20(23(28)24(25)29)22(27)16-9-12-18(30-2)19(14-16)31-3/h7-12,14,21,26-27H,4-6,13H2,1-3H3/b22-20-. The lowest BCUT2D eigenvalue weighted by Crippen LogP contribution is -2.30. The van der Waals surface area contributed by atoms with E-state index >= 15 is 0 Å². The van der Waals surface area contributed by atoms with E-state index in [1.165, 1.54) is 31.3 Å². The summed E-state index contributed by atoms with van der Waals surface area (Å²) in [7, 11) is 2.98. The topological polar surface area (TPSA) is 96.3 Å². The van der Waals surface area contributed by atoms with Crippen molar-refractivity contribution in [3.05, 3.63) is 59.2 Å². The van der Waals surface area contributed by atoms with E-state index in [1.54, 1.807) is 30.3 Å². The van der Waals surface area contributed by atoms with Gasteiger partial charge in [0.15, 0.2) is 11.5 Å². The number of aromatic hydroxyl groups is 1. The van der Waals surface area contributed by atoms with Gasteiger partial charge in [-0.1, -0.05) is 31.9 Å². The lowest BCUT2D eigenvalue weighted by molar-refractivity contribution is -0.139. The van der Waals surface area contributed by atoms with Gasteiger partial charge in [-0.05, 0) is 42.3 Å². The van der Waals surface area contributed by atoms with Crippen LogP contribution in [0.2, 0.25) is 0 Å².